The van der Waals surface area contributed by atoms with Crippen LogP contribution < -0.4 is 10.5 Å². The molecular weight excluding hydrogens is 237 g/mol. The summed E-state index contributed by atoms with van der Waals surface area (Å²) in [5, 5.41) is 11.4. The Hall–Kier alpha value is -2.02. The third kappa shape index (κ3) is 3.24. The van der Waals surface area contributed by atoms with Gasteiger partial charge in [-0.05, 0) is 35.9 Å². The third-order valence-corrected chi connectivity index (χ3v) is 2.28. The third-order valence-electron chi connectivity index (χ3n) is 2.28. The molecule has 0 aliphatic carbocycles. The van der Waals surface area contributed by atoms with Gasteiger partial charge in [0.15, 0.2) is 6.61 Å². The molecular formula is C11H14FN5O. The molecule has 0 amide bonds. The van der Waals surface area contributed by atoms with Crippen LogP contribution in [0.3, 0.4) is 0 Å². The van der Waals surface area contributed by atoms with Crippen molar-refractivity contribution in [3.8, 4) is 5.75 Å². The zero-order chi connectivity index (χ0) is 13.0. The molecule has 7 heteroatoms. The molecule has 0 aliphatic heterocycles. The van der Waals surface area contributed by atoms with Crippen molar-refractivity contribution in [3.63, 3.8) is 0 Å². The molecule has 1 aromatic heterocycles. The summed E-state index contributed by atoms with van der Waals surface area (Å²) in [6, 6.07) is 4.52. The van der Waals surface area contributed by atoms with E-state index in [0.717, 1.165) is 5.56 Å². The molecule has 18 heavy (non-hydrogen) atoms. The highest BCUT2D eigenvalue weighted by atomic mass is 19.1. The summed E-state index contributed by atoms with van der Waals surface area (Å²) in [6.45, 7) is 0.619. The van der Waals surface area contributed by atoms with Gasteiger partial charge in [-0.15, -0.1) is 10.2 Å². The van der Waals surface area contributed by atoms with Gasteiger partial charge in [-0.2, -0.15) is 4.80 Å². The lowest BCUT2D eigenvalue weighted by molar-refractivity contribution is 0.293. The monoisotopic (exact) mass is 251 g/mol. The second-order valence-electron chi connectivity index (χ2n) is 3.82. The van der Waals surface area contributed by atoms with Crippen molar-refractivity contribution in [3.05, 3.63) is 35.4 Å². The Labute approximate surface area is 104 Å². The van der Waals surface area contributed by atoms with Gasteiger partial charge in [0.1, 0.15) is 11.6 Å². The number of rotatable bonds is 5. The average molecular weight is 251 g/mol. The van der Waals surface area contributed by atoms with E-state index >= 15 is 0 Å². The van der Waals surface area contributed by atoms with E-state index in [1.165, 1.54) is 16.9 Å². The highest BCUT2D eigenvalue weighted by molar-refractivity contribution is 5.29. The van der Waals surface area contributed by atoms with Crippen LogP contribution in [-0.4, -0.2) is 26.8 Å². The minimum absolute atomic E-state index is 0.152. The fraction of sp³-hybridized carbons (Fsp3) is 0.364. The van der Waals surface area contributed by atoms with Crippen LogP contribution in [0.4, 0.5) is 4.39 Å². The molecule has 0 aliphatic rings. The number of hydrogen-bond donors (Lipinski definition) is 1. The first-order valence-corrected chi connectivity index (χ1v) is 5.52. The summed E-state index contributed by atoms with van der Waals surface area (Å²) in [4.78, 5) is 1.34. The summed E-state index contributed by atoms with van der Waals surface area (Å²) in [5.74, 6) is 0.538. The normalized spacial score (nSPS) is 10.6. The lowest BCUT2D eigenvalue weighted by Gasteiger charge is -2.06. The minimum atomic E-state index is -0.344. The Morgan fingerprint density at radius 1 is 1.39 bits per heavy atom. The Bertz CT molecular complexity index is 528. The number of benzene rings is 1. The molecule has 1 aromatic carbocycles. The smallest absolute Gasteiger partial charge is 0.212 e. The van der Waals surface area contributed by atoms with Gasteiger partial charge in [0.05, 0.1) is 7.05 Å². The van der Waals surface area contributed by atoms with E-state index in [1.54, 1.807) is 13.1 Å². The summed E-state index contributed by atoms with van der Waals surface area (Å²) in [6.07, 6.45) is 0.609. The molecule has 0 fully saturated rings. The van der Waals surface area contributed by atoms with Gasteiger partial charge in [-0.1, -0.05) is 0 Å². The van der Waals surface area contributed by atoms with Gasteiger partial charge >= 0.3 is 0 Å². The van der Waals surface area contributed by atoms with Crippen LogP contribution in [-0.2, 0) is 20.1 Å². The summed E-state index contributed by atoms with van der Waals surface area (Å²) >= 11 is 0. The number of ether oxygens (including phenoxy) is 1. The SMILES string of the molecule is Cn1nnc(COc2cc(F)cc(CCN)c2)n1. The standard InChI is InChI=1S/C11H14FN5O/c1-17-15-11(14-16-17)7-18-10-5-8(2-3-13)4-9(12)6-10/h4-6H,2-3,7,13H2,1H3. The van der Waals surface area contributed by atoms with Gasteiger partial charge in [0, 0.05) is 6.07 Å². The molecule has 6 nitrogen and oxygen atoms in total. The van der Waals surface area contributed by atoms with Crippen molar-refractivity contribution in [2.24, 2.45) is 12.8 Å². The minimum Gasteiger partial charge on any atom is -0.485 e. The number of aromatic nitrogens is 4. The number of tetrazole rings is 1. The fourth-order valence-electron chi connectivity index (χ4n) is 1.54. The van der Waals surface area contributed by atoms with E-state index in [4.69, 9.17) is 10.5 Å². The molecule has 0 saturated carbocycles. The van der Waals surface area contributed by atoms with Crippen molar-refractivity contribution in [2.45, 2.75) is 13.0 Å². The highest BCUT2D eigenvalue weighted by Gasteiger charge is 2.05. The molecule has 0 unspecified atom stereocenters. The molecule has 1 heterocycles. The maximum atomic E-state index is 13.3. The molecule has 0 saturated heterocycles. The summed E-state index contributed by atoms with van der Waals surface area (Å²) in [5.41, 5.74) is 6.24. The predicted octanol–water partition coefficient (Wildman–Crippen LogP) is 0.429. The largest absolute Gasteiger partial charge is 0.485 e. The molecule has 2 aromatic rings. The average Bonchev–Trinajstić information content (AvgIpc) is 2.72. The van der Waals surface area contributed by atoms with Crippen LogP contribution >= 0.6 is 0 Å². The van der Waals surface area contributed by atoms with Crippen molar-refractivity contribution in [2.75, 3.05) is 6.54 Å². The van der Waals surface area contributed by atoms with Gasteiger partial charge in [0.2, 0.25) is 5.82 Å². The summed E-state index contributed by atoms with van der Waals surface area (Å²) in [7, 11) is 1.66. The lowest BCUT2D eigenvalue weighted by Crippen LogP contribution is -2.04. The van der Waals surface area contributed by atoms with Crippen LogP contribution in [0.15, 0.2) is 18.2 Å². The second kappa shape index (κ2) is 5.54. The number of nitrogens with zero attached hydrogens (tertiary/aromatic N) is 4. The van der Waals surface area contributed by atoms with E-state index in [9.17, 15) is 4.39 Å². The second-order valence-corrected chi connectivity index (χ2v) is 3.82. The molecule has 2 N–H and O–H groups in total. The number of nitrogens with two attached hydrogens (primary N) is 1. The Morgan fingerprint density at radius 2 is 2.22 bits per heavy atom. The van der Waals surface area contributed by atoms with Crippen LogP contribution in [0.5, 0.6) is 5.75 Å². The first-order valence-electron chi connectivity index (χ1n) is 5.52. The molecule has 0 spiro atoms. The van der Waals surface area contributed by atoms with E-state index in [1.807, 2.05) is 0 Å². The van der Waals surface area contributed by atoms with Crippen molar-refractivity contribution >= 4 is 0 Å². The van der Waals surface area contributed by atoms with Gasteiger partial charge in [-0.3, -0.25) is 0 Å². The zero-order valence-electron chi connectivity index (χ0n) is 10.0. The Balaban J connectivity index is 2.04. The Morgan fingerprint density at radius 3 is 2.89 bits per heavy atom. The van der Waals surface area contributed by atoms with Gasteiger partial charge in [-0.25, -0.2) is 4.39 Å². The quantitative estimate of drug-likeness (QED) is 0.833. The fourth-order valence-corrected chi connectivity index (χ4v) is 1.54. The van der Waals surface area contributed by atoms with E-state index in [0.29, 0.717) is 24.5 Å². The van der Waals surface area contributed by atoms with Gasteiger partial charge < -0.3 is 10.5 Å². The zero-order valence-corrected chi connectivity index (χ0v) is 10.0. The van der Waals surface area contributed by atoms with E-state index < -0.39 is 0 Å². The van der Waals surface area contributed by atoms with Crippen molar-refractivity contribution in [1.82, 2.24) is 20.2 Å². The maximum Gasteiger partial charge on any atom is 0.212 e. The number of hydrogen-bond acceptors (Lipinski definition) is 5. The molecule has 2 rings (SSSR count). The van der Waals surface area contributed by atoms with Crippen molar-refractivity contribution in [1.29, 1.82) is 0 Å². The summed E-state index contributed by atoms with van der Waals surface area (Å²) < 4.78 is 18.7. The molecule has 0 radical (unpaired) electrons. The molecule has 0 atom stereocenters. The number of aryl methyl sites for hydroxylation is 1. The molecule has 0 bridgehead atoms. The maximum absolute atomic E-state index is 13.3. The topological polar surface area (TPSA) is 78.8 Å². The van der Waals surface area contributed by atoms with Gasteiger partial charge in [0.25, 0.3) is 0 Å². The molecule has 96 valence electrons. The van der Waals surface area contributed by atoms with E-state index in [2.05, 4.69) is 15.4 Å². The van der Waals surface area contributed by atoms with Crippen molar-refractivity contribution < 1.29 is 9.13 Å². The predicted molar refractivity (Wildman–Crippen MR) is 62.3 cm³/mol. The van der Waals surface area contributed by atoms with Crippen LogP contribution in [0, 0.1) is 5.82 Å². The van der Waals surface area contributed by atoms with Crippen LogP contribution in [0.2, 0.25) is 0 Å². The first kappa shape index (κ1) is 12.4. The van der Waals surface area contributed by atoms with Crippen LogP contribution in [0.1, 0.15) is 11.4 Å². The Kier molecular flexibility index (Phi) is 3.83. The highest BCUT2D eigenvalue weighted by Crippen LogP contribution is 2.17. The first-order chi connectivity index (χ1) is 8.67. The lowest BCUT2D eigenvalue weighted by atomic mass is 10.1. The number of halogens is 1. The van der Waals surface area contributed by atoms with E-state index in [-0.39, 0.29) is 12.4 Å². The van der Waals surface area contributed by atoms with Crippen LogP contribution in [0.25, 0.3) is 0 Å².